The first-order valence-electron chi connectivity index (χ1n) is 7.88. The van der Waals surface area contributed by atoms with Crippen molar-refractivity contribution >= 4 is 5.78 Å². The number of fused-ring (bicyclic) bond motifs is 1. The molecule has 0 saturated heterocycles. The second kappa shape index (κ2) is 4.80. The van der Waals surface area contributed by atoms with Gasteiger partial charge in [-0.3, -0.25) is 4.79 Å². The summed E-state index contributed by atoms with van der Waals surface area (Å²) in [5.41, 5.74) is 4.31. The van der Waals surface area contributed by atoms with E-state index < -0.39 is 0 Å². The van der Waals surface area contributed by atoms with Crippen molar-refractivity contribution in [3.05, 3.63) is 47.3 Å². The molecule has 3 nitrogen and oxygen atoms in total. The molecule has 0 amide bonds. The molecule has 3 heteroatoms. The Balaban J connectivity index is 2.02. The Morgan fingerprint density at radius 2 is 1.73 bits per heavy atom. The summed E-state index contributed by atoms with van der Waals surface area (Å²) in [4.78, 5) is 12.3. The Bertz CT molecular complexity index is 715. The Morgan fingerprint density at radius 3 is 2.32 bits per heavy atom. The fourth-order valence-electron chi connectivity index (χ4n) is 3.15. The molecule has 1 aliphatic carbocycles. The molecule has 116 valence electrons. The number of Topliss-reactive ketones (excluding diaryl/α,β-unsaturated/α-hetero) is 1. The maximum atomic E-state index is 12.3. The first-order valence-corrected chi connectivity index (χ1v) is 7.88. The van der Waals surface area contributed by atoms with Crippen LogP contribution >= 0.6 is 0 Å². The first-order chi connectivity index (χ1) is 10.2. The van der Waals surface area contributed by atoms with Gasteiger partial charge in [-0.25, -0.2) is 4.68 Å². The average molecular weight is 296 g/mol. The van der Waals surface area contributed by atoms with Crippen LogP contribution in [0.1, 0.15) is 62.7 Å². The molecular formula is C19H24N2O. The van der Waals surface area contributed by atoms with E-state index in [2.05, 4.69) is 64.0 Å². The number of rotatable bonds is 1. The van der Waals surface area contributed by atoms with E-state index in [1.807, 2.05) is 4.68 Å². The molecule has 3 rings (SSSR count). The second-order valence-electron chi connectivity index (χ2n) is 8.15. The molecule has 0 aliphatic heterocycles. The van der Waals surface area contributed by atoms with Gasteiger partial charge in [-0.2, -0.15) is 5.10 Å². The third kappa shape index (κ3) is 2.60. The predicted molar refractivity (Wildman–Crippen MR) is 88.7 cm³/mol. The van der Waals surface area contributed by atoms with Crippen molar-refractivity contribution < 1.29 is 4.79 Å². The van der Waals surface area contributed by atoms with Crippen molar-refractivity contribution in [3.8, 4) is 5.69 Å². The topological polar surface area (TPSA) is 34.9 Å². The van der Waals surface area contributed by atoms with Crippen molar-refractivity contribution in [2.45, 2.75) is 52.9 Å². The van der Waals surface area contributed by atoms with Gasteiger partial charge in [0.25, 0.3) is 0 Å². The Labute approximate surface area is 132 Å². The molecule has 0 fully saturated rings. The summed E-state index contributed by atoms with van der Waals surface area (Å²) in [5.74, 6) is 0.212. The second-order valence-corrected chi connectivity index (χ2v) is 8.15. The Hall–Kier alpha value is -1.90. The fourth-order valence-corrected chi connectivity index (χ4v) is 3.15. The number of nitrogens with zero attached hydrogens (tertiary/aromatic N) is 2. The van der Waals surface area contributed by atoms with Crippen molar-refractivity contribution in [2.24, 2.45) is 5.41 Å². The minimum absolute atomic E-state index is 0.00716. The molecule has 0 radical (unpaired) electrons. The standard InChI is InChI=1S/C19H24N2O/c1-18(2,3)13-6-8-14(9-7-13)21-16-10-19(4,5)11-17(22)15(16)12-20-21/h6-9,12H,10-11H2,1-5H3. The smallest absolute Gasteiger partial charge is 0.166 e. The molecule has 1 aromatic heterocycles. The van der Waals surface area contributed by atoms with Gasteiger partial charge in [0.05, 0.1) is 23.1 Å². The highest BCUT2D eigenvalue weighted by atomic mass is 16.1. The molecule has 1 heterocycles. The molecule has 0 saturated carbocycles. The van der Waals surface area contributed by atoms with Crippen LogP contribution in [-0.4, -0.2) is 15.6 Å². The van der Waals surface area contributed by atoms with Crippen LogP contribution in [0, 0.1) is 5.41 Å². The van der Waals surface area contributed by atoms with Gasteiger partial charge in [0.2, 0.25) is 0 Å². The molecular weight excluding hydrogens is 272 g/mol. The van der Waals surface area contributed by atoms with E-state index in [-0.39, 0.29) is 16.6 Å². The molecule has 1 aromatic carbocycles. The third-order valence-corrected chi connectivity index (χ3v) is 4.43. The van der Waals surface area contributed by atoms with Crippen molar-refractivity contribution in [3.63, 3.8) is 0 Å². The van der Waals surface area contributed by atoms with Gasteiger partial charge in [0.15, 0.2) is 5.78 Å². The lowest BCUT2D eigenvalue weighted by atomic mass is 9.76. The van der Waals surface area contributed by atoms with E-state index in [0.29, 0.717) is 6.42 Å². The van der Waals surface area contributed by atoms with E-state index in [4.69, 9.17) is 0 Å². The predicted octanol–water partition coefficient (Wildman–Crippen LogP) is 4.32. The van der Waals surface area contributed by atoms with Crippen LogP contribution in [0.5, 0.6) is 0 Å². The zero-order valence-corrected chi connectivity index (χ0v) is 14.1. The third-order valence-electron chi connectivity index (χ3n) is 4.43. The van der Waals surface area contributed by atoms with E-state index in [1.165, 1.54) is 5.56 Å². The van der Waals surface area contributed by atoms with Crippen molar-refractivity contribution in [1.82, 2.24) is 9.78 Å². The molecule has 0 atom stereocenters. The normalized spacial score (nSPS) is 17.4. The number of carbonyl (C=O) groups is 1. The number of ketones is 1. The lowest BCUT2D eigenvalue weighted by Gasteiger charge is -2.29. The minimum atomic E-state index is 0.00716. The Kier molecular flexibility index (Phi) is 3.28. The van der Waals surface area contributed by atoms with Gasteiger partial charge < -0.3 is 0 Å². The summed E-state index contributed by atoms with van der Waals surface area (Å²) >= 11 is 0. The SMILES string of the molecule is CC1(C)CC(=O)c2cnn(-c3ccc(C(C)(C)C)cc3)c2C1. The summed E-state index contributed by atoms with van der Waals surface area (Å²) in [6, 6.07) is 8.50. The van der Waals surface area contributed by atoms with E-state index >= 15 is 0 Å². The summed E-state index contributed by atoms with van der Waals surface area (Å²) in [7, 11) is 0. The van der Waals surface area contributed by atoms with E-state index in [0.717, 1.165) is 23.4 Å². The van der Waals surface area contributed by atoms with Gasteiger partial charge >= 0.3 is 0 Å². The minimum Gasteiger partial charge on any atom is -0.294 e. The fraction of sp³-hybridized carbons (Fsp3) is 0.474. The molecule has 2 aromatic rings. The molecule has 0 N–H and O–H groups in total. The van der Waals surface area contributed by atoms with E-state index in [9.17, 15) is 4.79 Å². The number of carbonyl (C=O) groups excluding carboxylic acids is 1. The lowest BCUT2D eigenvalue weighted by Crippen LogP contribution is -2.27. The van der Waals surface area contributed by atoms with Crippen LogP contribution in [0.25, 0.3) is 5.69 Å². The summed E-state index contributed by atoms with van der Waals surface area (Å²) < 4.78 is 1.93. The van der Waals surface area contributed by atoms with Crippen LogP contribution in [0.3, 0.4) is 0 Å². The van der Waals surface area contributed by atoms with Crippen LogP contribution in [-0.2, 0) is 11.8 Å². The van der Waals surface area contributed by atoms with Crippen LogP contribution in [0.4, 0.5) is 0 Å². The van der Waals surface area contributed by atoms with E-state index in [1.54, 1.807) is 6.20 Å². The summed E-state index contributed by atoms with van der Waals surface area (Å²) in [6.45, 7) is 10.9. The lowest BCUT2D eigenvalue weighted by molar-refractivity contribution is 0.0911. The van der Waals surface area contributed by atoms with Crippen LogP contribution in [0.2, 0.25) is 0 Å². The summed E-state index contributed by atoms with van der Waals surface area (Å²) in [5, 5.41) is 4.47. The van der Waals surface area contributed by atoms with Gasteiger partial charge in [0, 0.05) is 6.42 Å². The quantitative estimate of drug-likeness (QED) is 0.785. The van der Waals surface area contributed by atoms with Gasteiger partial charge in [0.1, 0.15) is 0 Å². The number of benzene rings is 1. The number of aromatic nitrogens is 2. The molecule has 0 spiro atoms. The van der Waals surface area contributed by atoms with Gasteiger partial charge in [-0.15, -0.1) is 0 Å². The zero-order chi connectivity index (χ0) is 16.1. The largest absolute Gasteiger partial charge is 0.294 e. The first kappa shape index (κ1) is 15.0. The molecule has 0 unspecified atom stereocenters. The number of hydrogen-bond donors (Lipinski definition) is 0. The number of hydrogen-bond acceptors (Lipinski definition) is 2. The maximum Gasteiger partial charge on any atom is 0.166 e. The monoisotopic (exact) mass is 296 g/mol. The molecule has 1 aliphatic rings. The molecule has 0 bridgehead atoms. The highest BCUT2D eigenvalue weighted by molar-refractivity contribution is 5.98. The van der Waals surface area contributed by atoms with Crippen molar-refractivity contribution in [1.29, 1.82) is 0 Å². The maximum absolute atomic E-state index is 12.3. The van der Waals surface area contributed by atoms with Gasteiger partial charge in [-0.05, 0) is 34.9 Å². The van der Waals surface area contributed by atoms with Gasteiger partial charge in [-0.1, -0.05) is 46.8 Å². The van der Waals surface area contributed by atoms with Crippen molar-refractivity contribution in [2.75, 3.05) is 0 Å². The zero-order valence-electron chi connectivity index (χ0n) is 14.1. The van der Waals surface area contributed by atoms with Crippen LogP contribution < -0.4 is 0 Å². The average Bonchev–Trinajstić information content (AvgIpc) is 2.80. The summed E-state index contributed by atoms with van der Waals surface area (Å²) in [6.07, 6.45) is 3.22. The Morgan fingerprint density at radius 1 is 1.09 bits per heavy atom. The molecule has 22 heavy (non-hydrogen) atoms. The highest BCUT2D eigenvalue weighted by Gasteiger charge is 2.34. The highest BCUT2D eigenvalue weighted by Crippen LogP contribution is 2.35. The van der Waals surface area contributed by atoms with Crippen LogP contribution in [0.15, 0.2) is 30.5 Å².